The van der Waals surface area contributed by atoms with Crippen LogP contribution in [0.2, 0.25) is 0 Å². The Hall–Kier alpha value is -2.77. The van der Waals surface area contributed by atoms with Crippen molar-refractivity contribution in [2.24, 2.45) is 0 Å². The largest absolute Gasteiger partial charge is 0.454 e. The fraction of sp³-hybridized carbons (Fsp3) is 0.381. The topological polar surface area (TPSA) is 60.5 Å². The van der Waals surface area contributed by atoms with Gasteiger partial charge < -0.3 is 18.9 Å². The zero-order valence-corrected chi connectivity index (χ0v) is 15.6. The SMILES string of the molecule is O=C(CN1CCN(Cc2ccc3c(c2)OCO3)CC1)c1ccc2c(c1)OCO2. The van der Waals surface area contributed by atoms with Crippen molar-refractivity contribution < 1.29 is 23.7 Å². The lowest BCUT2D eigenvalue weighted by Gasteiger charge is -2.34. The van der Waals surface area contributed by atoms with Gasteiger partial charge in [0.2, 0.25) is 13.6 Å². The molecular formula is C21H22N2O5. The molecule has 146 valence electrons. The monoisotopic (exact) mass is 382 g/mol. The van der Waals surface area contributed by atoms with Gasteiger partial charge in [-0.2, -0.15) is 0 Å². The molecule has 0 aromatic heterocycles. The van der Waals surface area contributed by atoms with Crippen molar-refractivity contribution in [1.82, 2.24) is 9.80 Å². The van der Waals surface area contributed by atoms with Gasteiger partial charge in [0.25, 0.3) is 0 Å². The second-order valence-corrected chi connectivity index (χ2v) is 7.23. The van der Waals surface area contributed by atoms with E-state index in [1.165, 1.54) is 5.56 Å². The molecule has 2 aromatic rings. The lowest BCUT2D eigenvalue weighted by Crippen LogP contribution is -2.47. The van der Waals surface area contributed by atoms with Gasteiger partial charge >= 0.3 is 0 Å². The van der Waals surface area contributed by atoms with Crippen LogP contribution in [0.25, 0.3) is 0 Å². The highest BCUT2D eigenvalue weighted by atomic mass is 16.7. The minimum Gasteiger partial charge on any atom is -0.454 e. The van der Waals surface area contributed by atoms with E-state index in [4.69, 9.17) is 18.9 Å². The van der Waals surface area contributed by atoms with Crippen molar-refractivity contribution in [2.75, 3.05) is 46.3 Å². The van der Waals surface area contributed by atoms with Gasteiger partial charge in [0.05, 0.1) is 6.54 Å². The number of fused-ring (bicyclic) bond motifs is 2. The number of rotatable bonds is 5. The van der Waals surface area contributed by atoms with Crippen LogP contribution >= 0.6 is 0 Å². The Morgan fingerprint density at radius 1 is 0.750 bits per heavy atom. The molecular weight excluding hydrogens is 360 g/mol. The zero-order chi connectivity index (χ0) is 18.9. The highest BCUT2D eigenvalue weighted by Crippen LogP contribution is 2.33. The molecule has 0 atom stereocenters. The molecule has 0 aliphatic carbocycles. The number of hydrogen-bond acceptors (Lipinski definition) is 7. The number of ether oxygens (including phenoxy) is 4. The Morgan fingerprint density at radius 2 is 1.36 bits per heavy atom. The first-order valence-electron chi connectivity index (χ1n) is 9.51. The van der Waals surface area contributed by atoms with E-state index in [1.54, 1.807) is 12.1 Å². The van der Waals surface area contributed by atoms with E-state index in [0.29, 0.717) is 30.4 Å². The third-order valence-corrected chi connectivity index (χ3v) is 5.37. The second-order valence-electron chi connectivity index (χ2n) is 7.23. The van der Waals surface area contributed by atoms with Crippen LogP contribution in [0.3, 0.4) is 0 Å². The van der Waals surface area contributed by atoms with E-state index in [2.05, 4.69) is 21.9 Å². The Kier molecular flexibility index (Phi) is 4.54. The fourth-order valence-electron chi connectivity index (χ4n) is 3.77. The average molecular weight is 382 g/mol. The summed E-state index contributed by atoms with van der Waals surface area (Å²) in [5.74, 6) is 3.11. The van der Waals surface area contributed by atoms with Gasteiger partial charge in [-0.25, -0.2) is 0 Å². The molecule has 0 saturated carbocycles. The van der Waals surface area contributed by atoms with E-state index < -0.39 is 0 Å². The van der Waals surface area contributed by atoms with Crippen LogP contribution in [0.5, 0.6) is 23.0 Å². The van der Waals surface area contributed by atoms with Gasteiger partial charge in [-0.15, -0.1) is 0 Å². The van der Waals surface area contributed by atoms with Crippen LogP contribution in [-0.2, 0) is 6.54 Å². The van der Waals surface area contributed by atoms with Gasteiger partial charge in [0.15, 0.2) is 28.8 Å². The van der Waals surface area contributed by atoms with Crippen molar-refractivity contribution in [1.29, 1.82) is 0 Å². The molecule has 3 heterocycles. The lowest BCUT2D eigenvalue weighted by atomic mass is 10.1. The van der Waals surface area contributed by atoms with Gasteiger partial charge in [0.1, 0.15) is 0 Å². The zero-order valence-electron chi connectivity index (χ0n) is 15.6. The fourth-order valence-corrected chi connectivity index (χ4v) is 3.77. The van der Waals surface area contributed by atoms with Crippen LogP contribution in [0.15, 0.2) is 36.4 Å². The highest BCUT2D eigenvalue weighted by Gasteiger charge is 2.22. The van der Waals surface area contributed by atoms with Crippen LogP contribution in [0.4, 0.5) is 0 Å². The highest BCUT2D eigenvalue weighted by molar-refractivity contribution is 5.98. The lowest BCUT2D eigenvalue weighted by molar-refractivity contribution is 0.0843. The molecule has 0 bridgehead atoms. The molecule has 3 aliphatic heterocycles. The predicted octanol–water partition coefficient (Wildman–Crippen LogP) is 2.14. The number of carbonyl (C=O) groups is 1. The average Bonchev–Trinajstić information content (AvgIpc) is 3.37. The summed E-state index contributed by atoms with van der Waals surface area (Å²) in [5.41, 5.74) is 1.89. The van der Waals surface area contributed by atoms with Crippen molar-refractivity contribution in [2.45, 2.75) is 6.54 Å². The van der Waals surface area contributed by atoms with Crippen molar-refractivity contribution in [3.05, 3.63) is 47.5 Å². The molecule has 0 unspecified atom stereocenters. The summed E-state index contributed by atoms with van der Waals surface area (Å²) < 4.78 is 21.5. The van der Waals surface area contributed by atoms with Crippen LogP contribution in [0, 0.1) is 0 Å². The first-order chi connectivity index (χ1) is 13.7. The standard InChI is InChI=1S/C21H22N2O5/c24-17(16-2-4-19-21(10-16)28-14-26-19)12-23-7-5-22(6-8-23)11-15-1-3-18-20(9-15)27-13-25-18/h1-4,9-10H,5-8,11-14H2. The number of piperazine rings is 1. The molecule has 7 nitrogen and oxygen atoms in total. The van der Waals surface area contributed by atoms with E-state index >= 15 is 0 Å². The number of benzene rings is 2. The molecule has 1 fully saturated rings. The molecule has 0 spiro atoms. The molecule has 0 radical (unpaired) electrons. The number of ketones is 1. The Labute approximate surface area is 163 Å². The normalized spacial score (nSPS) is 18.4. The Balaban J connectivity index is 1.13. The maximum absolute atomic E-state index is 12.6. The minimum absolute atomic E-state index is 0.113. The van der Waals surface area contributed by atoms with E-state index in [1.807, 2.05) is 12.1 Å². The molecule has 28 heavy (non-hydrogen) atoms. The smallest absolute Gasteiger partial charge is 0.231 e. The summed E-state index contributed by atoms with van der Waals surface area (Å²) in [6, 6.07) is 11.5. The van der Waals surface area contributed by atoms with Gasteiger partial charge in [-0.3, -0.25) is 14.6 Å². The maximum atomic E-state index is 12.6. The number of hydrogen-bond donors (Lipinski definition) is 0. The maximum Gasteiger partial charge on any atom is 0.231 e. The van der Waals surface area contributed by atoms with Crippen molar-refractivity contribution in [3.8, 4) is 23.0 Å². The van der Waals surface area contributed by atoms with Crippen LogP contribution in [0.1, 0.15) is 15.9 Å². The molecule has 0 amide bonds. The minimum atomic E-state index is 0.113. The second kappa shape index (κ2) is 7.33. The van der Waals surface area contributed by atoms with Crippen LogP contribution < -0.4 is 18.9 Å². The summed E-state index contributed by atoms with van der Waals surface area (Å²) in [4.78, 5) is 17.2. The first-order valence-corrected chi connectivity index (χ1v) is 9.51. The molecule has 1 saturated heterocycles. The summed E-state index contributed by atoms with van der Waals surface area (Å²) in [6.07, 6.45) is 0. The summed E-state index contributed by atoms with van der Waals surface area (Å²) in [7, 11) is 0. The Bertz CT molecular complexity index is 892. The van der Waals surface area contributed by atoms with E-state index in [0.717, 1.165) is 44.2 Å². The summed E-state index contributed by atoms with van der Waals surface area (Å²) in [5, 5.41) is 0. The molecule has 5 rings (SSSR count). The first kappa shape index (κ1) is 17.3. The Morgan fingerprint density at radius 3 is 2.11 bits per heavy atom. The molecule has 3 aliphatic rings. The number of Topliss-reactive ketones (excluding diaryl/α,β-unsaturated/α-hetero) is 1. The van der Waals surface area contributed by atoms with E-state index in [-0.39, 0.29) is 12.6 Å². The number of nitrogens with zero attached hydrogens (tertiary/aromatic N) is 2. The number of carbonyl (C=O) groups excluding carboxylic acids is 1. The molecule has 7 heteroatoms. The third kappa shape index (κ3) is 3.50. The molecule has 0 N–H and O–H groups in total. The van der Waals surface area contributed by atoms with E-state index in [9.17, 15) is 4.79 Å². The third-order valence-electron chi connectivity index (χ3n) is 5.37. The van der Waals surface area contributed by atoms with Gasteiger partial charge in [-0.05, 0) is 35.9 Å². The van der Waals surface area contributed by atoms with Crippen molar-refractivity contribution >= 4 is 5.78 Å². The quantitative estimate of drug-likeness (QED) is 0.735. The van der Waals surface area contributed by atoms with Gasteiger partial charge in [0, 0.05) is 38.3 Å². The van der Waals surface area contributed by atoms with Gasteiger partial charge in [-0.1, -0.05) is 6.07 Å². The summed E-state index contributed by atoms with van der Waals surface area (Å²) >= 11 is 0. The summed E-state index contributed by atoms with van der Waals surface area (Å²) in [6.45, 7) is 5.44. The predicted molar refractivity (Wildman–Crippen MR) is 101 cm³/mol. The van der Waals surface area contributed by atoms with Crippen LogP contribution in [-0.4, -0.2) is 61.9 Å². The molecule has 2 aromatic carbocycles. The van der Waals surface area contributed by atoms with Crippen molar-refractivity contribution in [3.63, 3.8) is 0 Å².